The van der Waals surface area contributed by atoms with Gasteiger partial charge < -0.3 is 14.5 Å². The topological polar surface area (TPSA) is 32.8 Å². The van der Waals surface area contributed by atoms with Crippen LogP contribution < -0.4 is 4.90 Å². The summed E-state index contributed by atoms with van der Waals surface area (Å²) in [5.41, 5.74) is 3.33. The third-order valence-corrected chi connectivity index (χ3v) is 4.92. The molecule has 1 atom stereocenters. The molecule has 1 amide bonds. The van der Waals surface area contributed by atoms with Crippen LogP contribution >= 0.6 is 0 Å². The Balaban J connectivity index is 1.76. The summed E-state index contributed by atoms with van der Waals surface area (Å²) >= 11 is 0. The maximum absolute atomic E-state index is 13.7. The Kier molecular flexibility index (Phi) is 4.13. The van der Waals surface area contributed by atoms with Crippen LogP contribution in [0, 0.1) is 11.6 Å². The van der Waals surface area contributed by atoms with Gasteiger partial charge in [0.25, 0.3) is 0 Å². The quantitative estimate of drug-likeness (QED) is 0.799. The molecule has 0 N–H and O–H groups in total. The van der Waals surface area contributed by atoms with Gasteiger partial charge in [-0.2, -0.15) is 0 Å². The van der Waals surface area contributed by atoms with Gasteiger partial charge in [0.05, 0.1) is 6.61 Å². The first-order chi connectivity index (χ1) is 12.2. The molecule has 2 heterocycles. The summed E-state index contributed by atoms with van der Waals surface area (Å²) in [4.78, 5) is 15.2. The lowest BCUT2D eigenvalue weighted by Crippen LogP contribution is -2.47. The van der Waals surface area contributed by atoms with E-state index in [9.17, 15) is 13.6 Å². The molecular formula is C19H18F2N2O2. The van der Waals surface area contributed by atoms with Crippen molar-refractivity contribution in [3.05, 3.63) is 53.6 Å². The van der Waals surface area contributed by atoms with Crippen LogP contribution in [0.1, 0.15) is 18.4 Å². The Morgan fingerprint density at radius 1 is 1.16 bits per heavy atom. The van der Waals surface area contributed by atoms with Crippen molar-refractivity contribution >= 4 is 12.1 Å². The van der Waals surface area contributed by atoms with E-state index in [0.29, 0.717) is 18.9 Å². The summed E-state index contributed by atoms with van der Waals surface area (Å²) in [6, 6.07) is 9.68. The minimum atomic E-state index is -0.869. The molecule has 25 heavy (non-hydrogen) atoms. The summed E-state index contributed by atoms with van der Waals surface area (Å²) in [5.74, 6) is -1.73. The van der Waals surface area contributed by atoms with E-state index < -0.39 is 11.6 Å². The van der Waals surface area contributed by atoms with Gasteiger partial charge in [0, 0.05) is 17.8 Å². The molecule has 4 nitrogen and oxygen atoms in total. The van der Waals surface area contributed by atoms with Crippen LogP contribution in [0.4, 0.5) is 14.5 Å². The van der Waals surface area contributed by atoms with Gasteiger partial charge in [-0.05, 0) is 42.2 Å². The molecule has 2 aliphatic heterocycles. The van der Waals surface area contributed by atoms with Gasteiger partial charge in [-0.1, -0.05) is 18.2 Å². The van der Waals surface area contributed by atoms with Gasteiger partial charge >= 0.3 is 0 Å². The minimum Gasteiger partial charge on any atom is -0.356 e. The number of amides is 1. The molecule has 0 aromatic heterocycles. The number of fused-ring (bicyclic) bond motifs is 1. The molecule has 4 rings (SSSR count). The van der Waals surface area contributed by atoms with E-state index in [2.05, 4.69) is 4.90 Å². The van der Waals surface area contributed by atoms with Crippen molar-refractivity contribution in [2.24, 2.45) is 0 Å². The lowest BCUT2D eigenvalue weighted by atomic mass is 9.97. The number of hydrogen-bond donors (Lipinski definition) is 0. The van der Waals surface area contributed by atoms with Crippen molar-refractivity contribution in [1.29, 1.82) is 0 Å². The van der Waals surface area contributed by atoms with Crippen LogP contribution in [0.25, 0.3) is 11.1 Å². The molecule has 1 unspecified atom stereocenters. The summed E-state index contributed by atoms with van der Waals surface area (Å²) < 4.78 is 32.7. The van der Waals surface area contributed by atoms with Crippen molar-refractivity contribution in [3.8, 4) is 11.1 Å². The SMILES string of the molecule is O=CN1CCCC1N1COCc2c(-c3ccc(F)c(F)c3)cccc21. The van der Waals surface area contributed by atoms with Gasteiger partial charge in [-0.25, -0.2) is 8.78 Å². The number of hydrogen-bond acceptors (Lipinski definition) is 3. The summed E-state index contributed by atoms with van der Waals surface area (Å²) in [6.07, 6.45) is 2.69. The van der Waals surface area contributed by atoms with Gasteiger partial charge in [0.15, 0.2) is 11.6 Å². The number of nitrogens with zero attached hydrogens (tertiary/aromatic N) is 2. The van der Waals surface area contributed by atoms with Crippen molar-refractivity contribution in [3.63, 3.8) is 0 Å². The van der Waals surface area contributed by atoms with Crippen molar-refractivity contribution in [2.75, 3.05) is 18.2 Å². The van der Waals surface area contributed by atoms with Crippen molar-refractivity contribution in [1.82, 2.24) is 4.90 Å². The molecule has 0 bridgehead atoms. The molecule has 0 radical (unpaired) electrons. The lowest BCUT2D eigenvalue weighted by Gasteiger charge is -2.39. The number of likely N-dealkylation sites (tertiary alicyclic amines) is 1. The Labute approximate surface area is 144 Å². The van der Waals surface area contributed by atoms with Crippen LogP contribution in [-0.4, -0.2) is 30.8 Å². The van der Waals surface area contributed by atoms with Crippen LogP contribution in [-0.2, 0) is 16.1 Å². The van der Waals surface area contributed by atoms with Crippen LogP contribution in [0.2, 0.25) is 0 Å². The fraction of sp³-hybridized carbons (Fsp3) is 0.316. The highest BCUT2D eigenvalue weighted by Gasteiger charge is 2.32. The maximum Gasteiger partial charge on any atom is 0.211 e. The molecule has 1 fully saturated rings. The molecule has 0 aliphatic carbocycles. The van der Waals surface area contributed by atoms with Crippen LogP contribution in [0.15, 0.2) is 36.4 Å². The van der Waals surface area contributed by atoms with Crippen molar-refractivity contribution < 1.29 is 18.3 Å². The number of ether oxygens (including phenoxy) is 1. The average Bonchev–Trinajstić information content (AvgIpc) is 3.11. The van der Waals surface area contributed by atoms with E-state index in [1.54, 1.807) is 11.0 Å². The molecule has 1 saturated heterocycles. The normalized spacial score (nSPS) is 19.8. The Morgan fingerprint density at radius 3 is 2.84 bits per heavy atom. The number of rotatable bonds is 3. The fourth-order valence-electron chi connectivity index (χ4n) is 3.72. The van der Waals surface area contributed by atoms with E-state index in [-0.39, 0.29) is 6.17 Å². The summed E-state index contributed by atoms with van der Waals surface area (Å²) in [7, 11) is 0. The zero-order valence-electron chi connectivity index (χ0n) is 13.6. The lowest BCUT2D eigenvalue weighted by molar-refractivity contribution is -0.119. The predicted octanol–water partition coefficient (Wildman–Crippen LogP) is 3.50. The molecule has 2 aromatic rings. The summed E-state index contributed by atoms with van der Waals surface area (Å²) in [5, 5.41) is 0. The molecule has 6 heteroatoms. The third kappa shape index (κ3) is 2.76. The molecule has 2 aromatic carbocycles. The van der Waals surface area contributed by atoms with Gasteiger partial charge in [-0.3, -0.25) is 4.79 Å². The van der Waals surface area contributed by atoms with Gasteiger partial charge in [-0.15, -0.1) is 0 Å². The van der Waals surface area contributed by atoms with Crippen molar-refractivity contribution in [2.45, 2.75) is 25.6 Å². The minimum absolute atomic E-state index is 0.0308. The van der Waals surface area contributed by atoms with E-state index in [1.807, 2.05) is 18.2 Å². The molecule has 130 valence electrons. The molecule has 0 spiro atoms. The van der Waals surface area contributed by atoms with E-state index in [4.69, 9.17) is 4.74 Å². The van der Waals surface area contributed by atoms with E-state index in [0.717, 1.165) is 48.7 Å². The fourth-order valence-corrected chi connectivity index (χ4v) is 3.72. The Hall–Kier alpha value is -2.47. The number of anilines is 1. The number of halogens is 2. The van der Waals surface area contributed by atoms with Gasteiger partial charge in [0.2, 0.25) is 6.41 Å². The second-order valence-corrected chi connectivity index (χ2v) is 6.35. The van der Waals surface area contributed by atoms with E-state index >= 15 is 0 Å². The maximum atomic E-state index is 13.7. The third-order valence-electron chi connectivity index (χ3n) is 4.92. The highest BCUT2D eigenvalue weighted by Crippen LogP contribution is 2.37. The van der Waals surface area contributed by atoms with Gasteiger partial charge in [0.1, 0.15) is 12.9 Å². The summed E-state index contributed by atoms with van der Waals surface area (Å²) in [6.45, 7) is 1.54. The zero-order chi connectivity index (χ0) is 17.4. The van der Waals surface area contributed by atoms with Crippen LogP contribution in [0.5, 0.6) is 0 Å². The Bertz CT molecular complexity index is 812. The number of benzene rings is 2. The highest BCUT2D eigenvalue weighted by atomic mass is 19.2. The predicted molar refractivity (Wildman–Crippen MR) is 89.7 cm³/mol. The Morgan fingerprint density at radius 2 is 2.04 bits per heavy atom. The largest absolute Gasteiger partial charge is 0.356 e. The average molecular weight is 344 g/mol. The number of carbonyl (C=O) groups is 1. The number of carbonyl (C=O) groups excluding carboxylic acids is 1. The molecule has 0 saturated carbocycles. The molecule has 2 aliphatic rings. The standard InChI is InChI=1S/C19H18F2N2O2/c20-16-7-6-13(9-17(16)21)14-3-1-4-18-15(14)10-25-12-23(18)19-5-2-8-22(19)11-24/h1,3-4,6-7,9,11,19H,2,5,8,10,12H2. The highest BCUT2D eigenvalue weighted by molar-refractivity contribution is 5.75. The first kappa shape index (κ1) is 16.0. The smallest absolute Gasteiger partial charge is 0.211 e. The monoisotopic (exact) mass is 344 g/mol. The zero-order valence-corrected chi connectivity index (χ0v) is 13.6. The first-order valence-electron chi connectivity index (χ1n) is 8.32. The van der Waals surface area contributed by atoms with Crippen LogP contribution in [0.3, 0.4) is 0 Å². The molecular weight excluding hydrogens is 326 g/mol. The second-order valence-electron chi connectivity index (χ2n) is 6.35. The van der Waals surface area contributed by atoms with E-state index in [1.165, 1.54) is 6.07 Å². The second kappa shape index (κ2) is 6.44. The first-order valence-corrected chi connectivity index (χ1v) is 8.32.